The van der Waals surface area contributed by atoms with Gasteiger partial charge in [-0.2, -0.15) is 0 Å². The SMILES string of the molecule is C=C1C2CC(O)C(C)(C)C2CCC2(C)C1C(O)C=C1C3CC(C)(C)CCC3(COC3OC(CO)C(O)C(O)C3OC3OC(CO)C(O)C(O)C3O)CCC12C. The Morgan fingerprint density at radius 2 is 1.38 bits per heavy atom. The van der Waals surface area contributed by atoms with Gasteiger partial charge in [0.15, 0.2) is 12.6 Å². The van der Waals surface area contributed by atoms with Crippen LogP contribution in [0.3, 0.4) is 0 Å². The Labute approximate surface area is 325 Å². The Balaban J connectivity index is 1.19. The normalized spacial score (nSPS) is 53.3. The van der Waals surface area contributed by atoms with Crippen molar-refractivity contribution in [2.24, 2.45) is 50.7 Å². The number of hydrogen-bond donors (Lipinski definition) is 9. The van der Waals surface area contributed by atoms with E-state index in [-0.39, 0.29) is 57.4 Å². The smallest absolute Gasteiger partial charge is 0.187 e. The van der Waals surface area contributed by atoms with Crippen LogP contribution in [0.1, 0.15) is 92.9 Å². The van der Waals surface area contributed by atoms with E-state index in [9.17, 15) is 46.0 Å². The Hall–Kier alpha value is -1.04. The molecule has 2 heterocycles. The van der Waals surface area contributed by atoms with Crippen molar-refractivity contribution < 1.29 is 64.9 Å². The maximum atomic E-state index is 12.2. The molecule has 0 spiro atoms. The molecule has 2 aliphatic heterocycles. The van der Waals surface area contributed by atoms with Gasteiger partial charge in [0.05, 0.1) is 32.0 Å². The van der Waals surface area contributed by atoms with Crippen molar-refractivity contribution in [3.8, 4) is 0 Å². The van der Waals surface area contributed by atoms with E-state index >= 15 is 0 Å². The summed E-state index contributed by atoms with van der Waals surface area (Å²) in [6.07, 6.45) is -7.37. The first-order valence-corrected chi connectivity index (χ1v) is 20.6. The number of hydrogen-bond acceptors (Lipinski definition) is 13. The third-order valence-corrected chi connectivity index (χ3v) is 16.7. The Kier molecular flexibility index (Phi) is 11.2. The summed E-state index contributed by atoms with van der Waals surface area (Å²) in [5.41, 5.74) is 1.18. The van der Waals surface area contributed by atoms with Gasteiger partial charge in [0.1, 0.15) is 48.8 Å². The maximum absolute atomic E-state index is 12.2. The van der Waals surface area contributed by atoms with Crippen molar-refractivity contribution in [2.75, 3.05) is 19.8 Å². The average Bonchev–Trinajstić information content (AvgIpc) is 3.28. The molecule has 19 atom stereocenters. The molecule has 13 nitrogen and oxygen atoms in total. The fraction of sp³-hybridized carbons (Fsp3) is 0.905. The van der Waals surface area contributed by atoms with Crippen LogP contribution in [0.15, 0.2) is 23.8 Å². The van der Waals surface area contributed by atoms with E-state index in [1.54, 1.807) is 0 Å². The third kappa shape index (κ3) is 6.55. The molecule has 13 heteroatoms. The topological polar surface area (TPSA) is 219 Å². The molecular formula is C42H68O13. The number of aliphatic hydroxyl groups is 9. The van der Waals surface area contributed by atoms with E-state index in [0.29, 0.717) is 6.42 Å². The Morgan fingerprint density at radius 1 is 0.764 bits per heavy atom. The van der Waals surface area contributed by atoms with Gasteiger partial charge in [-0.15, -0.1) is 0 Å². The predicted octanol–water partition coefficient (Wildman–Crippen LogP) is 1.54. The van der Waals surface area contributed by atoms with Crippen LogP contribution in [0.5, 0.6) is 0 Å². The number of aliphatic hydroxyl groups excluding tert-OH is 9. The molecular weight excluding hydrogens is 712 g/mol. The van der Waals surface area contributed by atoms with Gasteiger partial charge >= 0.3 is 0 Å². The van der Waals surface area contributed by atoms with Gasteiger partial charge in [0.2, 0.25) is 0 Å². The van der Waals surface area contributed by atoms with Gasteiger partial charge < -0.3 is 64.9 Å². The molecule has 5 aliphatic carbocycles. The van der Waals surface area contributed by atoms with Crippen LogP contribution in [0, 0.1) is 50.7 Å². The summed E-state index contributed by atoms with van der Waals surface area (Å²) in [7, 11) is 0. The zero-order valence-electron chi connectivity index (χ0n) is 33.5. The van der Waals surface area contributed by atoms with Crippen molar-refractivity contribution in [1.29, 1.82) is 0 Å². The maximum Gasteiger partial charge on any atom is 0.187 e. The second kappa shape index (κ2) is 14.6. The van der Waals surface area contributed by atoms with Crippen molar-refractivity contribution >= 4 is 0 Å². The largest absolute Gasteiger partial charge is 0.394 e. The molecule has 314 valence electrons. The van der Waals surface area contributed by atoms with Gasteiger partial charge in [0, 0.05) is 11.3 Å². The fourth-order valence-corrected chi connectivity index (χ4v) is 12.7. The van der Waals surface area contributed by atoms with Gasteiger partial charge in [-0.05, 0) is 90.8 Å². The van der Waals surface area contributed by atoms with E-state index < -0.39 is 86.8 Å². The van der Waals surface area contributed by atoms with Crippen LogP contribution in [-0.4, -0.2) is 139 Å². The van der Waals surface area contributed by atoms with E-state index in [2.05, 4.69) is 47.6 Å². The standard InChI is InChI=1S/C42H68O13/c1-20-21-14-28(46)39(4,5)22(21)8-9-41(7)29(20)25(45)15-23-24-16-38(2,3)10-12-42(24,13-11-40(23,41)6)19-52-37-35(33(50)31(48)27(18-44)54-37)55-36-34(51)32(49)30(47)26(17-43)53-36/h15,21-22,24-37,43-51H,1,8-14,16-19H2,2-7H3. The van der Waals surface area contributed by atoms with Crippen LogP contribution >= 0.6 is 0 Å². The van der Waals surface area contributed by atoms with Crippen molar-refractivity contribution in [1.82, 2.24) is 0 Å². The minimum Gasteiger partial charge on any atom is -0.394 e. The molecule has 0 bridgehead atoms. The predicted molar refractivity (Wildman–Crippen MR) is 199 cm³/mol. The van der Waals surface area contributed by atoms with Crippen molar-refractivity contribution in [2.45, 2.75) is 167 Å². The zero-order chi connectivity index (χ0) is 40.2. The zero-order valence-corrected chi connectivity index (χ0v) is 33.5. The molecule has 19 unspecified atom stereocenters. The average molecular weight is 781 g/mol. The number of fused-ring (bicyclic) bond motifs is 6. The quantitative estimate of drug-likeness (QED) is 0.168. The first-order valence-electron chi connectivity index (χ1n) is 20.6. The highest BCUT2D eigenvalue weighted by atomic mass is 16.8. The summed E-state index contributed by atoms with van der Waals surface area (Å²) in [6, 6.07) is 0. The summed E-state index contributed by atoms with van der Waals surface area (Å²) < 4.78 is 24.2. The van der Waals surface area contributed by atoms with E-state index in [1.165, 1.54) is 5.57 Å². The molecule has 7 rings (SSSR count). The minimum absolute atomic E-state index is 0.0125. The van der Waals surface area contributed by atoms with Crippen LogP contribution < -0.4 is 0 Å². The Morgan fingerprint density at radius 3 is 2.04 bits per heavy atom. The van der Waals surface area contributed by atoms with Gasteiger partial charge in [-0.1, -0.05) is 65.3 Å². The lowest BCUT2D eigenvalue weighted by Crippen LogP contribution is -2.65. The molecule has 0 aromatic rings. The van der Waals surface area contributed by atoms with Crippen molar-refractivity contribution in [3.63, 3.8) is 0 Å². The summed E-state index contributed by atoms with van der Waals surface area (Å²) in [5, 5.41) is 96.8. The van der Waals surface area contributed by atoms with E-state index in [4.69, 9.17) is 25.5 Å². The fourth-order valence-electron chi connectivity index (χ4n) is 12.7. The third-order valence-electron chi connectivity index (χ3n) is 16.7. The van der Waals surface area contributed by atoms with Gasteiger partial charge in [0.25, 0.3) is 0 Å². The Bertz CT molecular complexity index is 1470. The molecule has 6 fully saturated rings. The molecule has 0 amide bonds. The minimum atomic E-state index is -1.76. The number of ether oxygens (including phenoxy) is 4. The molecule has 0 radical (unpaired) electrons. The van der Waals surface area contributed by atoms with Gasteiger partial charge in [-0.3, -0.25) is 0 Å². The molecule has 0 aromatic carbocycles. The number of rotatable bonds is 7. The highest BCUT2D eigenvalue weighted by molar-refractivity contribution is 5.38. The van der Waals surface area contributed by atoms with Crippen LogP contribution in [0.4, 0.5) is 0 Å². The summed E-state index contributed by atoms with van der Waals surface area (Å²) in [4.78, 5) is 0. The summed E-state index contributed by atoms with van der Waals surface area (Å²) in [5.74, 6) is 0.331. The number of allylic oxidation sites excluding steroid dienone is 1. The molecule has 4 saturated carbocycles. The monoisotopic (exact) mass is 780 g/mol. The second-order valence-electron chi connectivity index (χ2n) is 20.3. The lowest BCUT2D eigenvalue weighted by molar-refractivity contribution is -0.370. The first-order chi connectivity index (χ1) is 25.7. The van der Waals surface area contributed by atoms with E-state index in [1.807, 2.05) is 0 Å². The highest BCUT2D eigenvalue weighted by Gasteiger charge is 2.66. The van der Waals surface area contributed by atoms with Gasteiger partial charge in [-0.25, -0.2) is 0 Å². The van der Waals surface area contributed by atoms with Crippen LogP contribution in [0.2, 0.25) is 0 Å². The van der Waals surface area contributed by atoms with Crippen LogP contribution in [0.25, 0.3) is 0 Å². The lowest BCUT2D eigenvalue weighted by Gasteiger charge is -2.65. The first kappa shape index (κ1) is 42.1. The molecule has 55 heavy (non-hydrogen) atoms. The summed E-state index contributed by atoms with van der Waals surface area (Å²) >= 11 is 0. The van der Waals surface area contributed by atoms with E-state index in [0.717, 1.165) is 50.5 Å². The molecule has 0 aromatic heterocycles. The molecule has 9 N–H and O–H groups in total. The molecule has 7 aliphatic rings. The second-order valence-corrected chi connectivity index (χ2v) is 20.3. The lowest BCUT2D eigenvalue weighted by atomic mass is 9.39. The summed E-state index contributed by atoms with van der Waals surface area (Å²) in [6.45, 7) is 17.2. The van der Waals surface area contributed by atoms with Crippen LogP contribution in [-0.2, 0) is 18.9 Å². The highest BCUT2D eigenvalue weighted by Crippen LogP contribution is 2.72. The molecule has 2 saturated heterocycles. The van der Waals surface area contributed by atoms with Crippen molar-refractivity contribution in [3.05, 3.63) is 23.8 Å².